The van der Waals surface area contributed by atoms with Gasteiger partial charge in [0, 0.05) is 57.6 Å². The van der Waals surface area contributed by atoms with Gasteiger partial charge in [0.2, 0.25) is 11.8 Å². The molecule has 0 spiro atoms. The van der Waals surface area contributed by atoms with Gasteiger partial charge in [0.15, 0.2) is 0 Å². The average molecular weight is 799 g/mol. The second kappa shape index (κ2) is 18.5. The third-order valence-corrected chi connectivity index (χ3v) is 15.5. The van der Waals surface area contributed by atoms with Gasteiger partial charge >= 0.3 is 0 Å². The third-order valence-electron chi connectivity index (χ3n) is 15.5. The summed E-state index contributed by atoms with van der Waals surface area (Å²) in [7, 11) is 11.7. The van der Waals surface area contributed by atoms with Crippen molar-refractivity contribution in [3.8, 4) is 5.97 Å². The molecule has 6 rings (SSSR count). The van der Waals surface area contributed by atoms with Gasteiger partial charge in [-0.15, -0.1) is 5.97 Å². The Kier molecular flexibility index (Phi) is 15.0. The quantitative estimate of drug-likeness (QED) is 0.181. The van der Waals surface area contributed by atoms with Gasteiger partial charge in [-0.2, -0.15) is 5.06 Å². The molecule has 324 valence electrons. The van der Waals surface area contributed by atoms with Crippen LogP contribution in [0.4, 0.5) is 0 Å². The van der Waals surface area contributed by atoms with Crippen molar-refractivity contribution in [1.82, 2.24) is 20.6 Å². The van der Waals surface area contributed by atoms with Crippen molar-refractivity contribution in [3.05, 3.63) is 0 Å². The SMILES string of the molecule is COC1C(CN2O[C@@H](CO)[C@H]([C@H](C)O)[C@H]2C(=O)N[C@H]2C[C@H]3C[C@@H]([C@@H]2C)C3(C)C)CCCC1C1CC(C(=O)N[C@@H](CC(C)(C)C)C[N+](C)(C)[B-]C#N)CC(N(C)C)C1. The molecule has 0 aromatic rings. The van der Waals surface area contributed by atoms with Crippen LogP contribution in [0.5, 0.6) is 0 Å². The molecular formula is C44H79BN6O6. The number of quaternary nitrogens is 1. The van der Waals surface area contributed by atoms with Gasteiger partial charge in [-0.05, 0) is 113 Å². The van der Waals surface area contributed by atoms with Crippen LogP contribution in [0.15, 0.2) is 0 Å². The molecule has 0 aromatic carbocycles. The molecule has 5 aliphatic carbocycles. The fourth-order valence-electron chi connectivity index (χ4n) is 12.4. The number of amides is 2. The number of nitriles is 1. The van der Waals surface area contributed by atoms with Crippen molar-refractivity contribution < 1.29 is 33.8 Å². The predicted octanol–water partition coefficient (Wildman–Crippen LogP) is 4.02. The molecule has 2 bridgehead atoms. The highest BCUT2D eigenvalue weighted by molar-refractivity contribution is 6.36. The second-order valence-corrected chi connectivity index (χ2v) is 21.8. The van der Waals surface area contributed by atoms with Crippen LogP contribution >= 0.6 is 0 Å². The number of hydroxylamine groups is 2. The summed E-state index contributed by atoms with van der Waals surface area (Å²) in [5.74, 6) is 3.58. The molecule has 57 heavy (non-hydrogen) atoms. The Bertz CT molecular complexity index is 1420. The summed E-state index contributed by atoms with van der Waals surface area (Å²) < 4.78 is 6.84. The molecule has 6 unspecified atom stereocenters. The Morgan fingerprint density at radius 1 is 1.12 bits per heavy atom. The van der Waals surface area contributed by atoms with Crippen LogP contribution in [-0.2, 0) is 19.2 Å². The number of hydrogen-bond donors (Lipinski definition) is 4. The van der Waals surface area contributed by atoms with E-state index in [1.165, 1.54) is 6.42 Å². The summed E-state index contributed by atoms with van der Waals surface area (Å²) in [6, 6.07) is -0.465. The molecule has 5 saturated carbocycles. The Labute approximate surface area is 345 Å². The van der Waals surface area contributed by atoms with E-state index in [9.17, 15) is 25.1 Å². The molecule has 4 N–H and O–H groups in total. The smallest absolute Gasteiger partial charge is 0.240 e. The van der Waals surface area contributed by atoms with Crippen molar-refractivity contribution >= 4 is 19.2 Å². The standard InChI is InChI=1S/C44H78BN6O6/c1-26-35-19-31(44(35,6)7)20-36(26)48-42(55)39-38(27(2)53)37(24-52)57-50(39)22-28-14-13-15-34(40(28)56-12)29-16-30(18-33(17-29)49(8)9)41(54)47-32(21-43(3,4)5)23-51(10,11)45-25-46/h26-40,52-53H,13-24H2,1-12H3,(H-,47,48,54,55)/q-1/p+1/t26-,27-,28?,29?,30?,31+,32-,33?,34?,35-,36-,37-,38-,39-,40?/m0/s1. The number of nitrogens with zero attached hydrogens (tertiary/aromatic N) is 4. The molecule has 6 fully saturated rings. The van der Waals surface area contributed by atoms with E-state index in [0.29, 0.717) is 40.7 Å². The molecular weight excluding hydrogens is 719 g/mol. The average Bonchev–Trinajstić information content (AvgIpc) is 3.49. The van der Waals surface area contributed by atoms with Gasteiger partial charge in [-0.3, -0.25) is 14.4 Å². The number of aliphatic hydroxyl groups is 2. The largest absolute Gasteiger partial charge is 0.551 e. The number of likely N-dealkylation sites (N-methyl/N-ethyl adjacent to an activating group) is 1. The maximum Gasteiger partial charge on any atom is 0.240 e. The minimum absolute atomic E-state index is 0.00558. The van der Waals surface area contributed by atoms with Crippen LogP contribution in [0.1, 0.15) is 106 Å². The van der Waals surface area contributed by atoms with Crippen LogP contribution < -0.4 is 10.6 Å². The van der Waals surface area contributed by atoms with Crippen molar-refractivity contribution in [3.63, 3.8) is 0 Å². The summed E-state index contributed by atoms with van der Waals surface area (Å²) in [6.07, 6.45) is 6.89. The fourth-order valence-corrected chi connectivity index (χ4v) is 12.4. The number of methoxy groups -OCH3 is 1. The first-order valence-corrected chi connectivity index (χ1v) is 22.2. The molecule has 15 atom stereocenters. The highest BCUT2D eigenvalue weighted by Crippen LogP contribution is 2.61. The van der Waals surface area contributed by atoms with E-state index in [0.717, 1.165) is 51.4 Å². The molecule has 0 aromatic heterocycles. The lowest BCUT2D eigenvalue weighted by Crippen LogP contribution is -2.62. The molecule has 2 radical (unpaired) electrons. The number of nitrogens with one attached hydrogen (secondary N) is 2. The molecule has 1 heterocycles. The number of aliphatic hydroxyl groups excluding tert-OH is 2. The van der Waals surface area contributed by atoms with Crippen LogP contribution in [0, 0.1) is 69.4 Å². The number of ether oxygens (including phenoxy) is 1. The van der Waals surface area contributed by atoms with Crippen molar-refractivity contribution in [1.29, 1.82) is 5.26 Å². The second-order valence-electron chi connectivity index (χ2n) is 21.8. The zero-order chi connectivity index (χ0) is 42.2. The maximum atomic E-state index is 14.4. The van der Waals surface area contributed by atoms with Gasteiger partial charge in [-0.25, -0.2) is 5.26 Å². The molecule has 1 aliphatic heterocycles. The number of carbonyl (C=O) groups is 2. The molecule has 2 amide bonds. The van der Waals surface area contributed by atoms with E-state index < -0.39 is 24.2 Å². The minimum Gasteiger partial charge on any atom is -0.551 e. The first-order valence-electron chi connectivity index (χ1n) is 22.2. The lowest BCUT2D eigenvalue weighted by molar-refractivity contribution is -0.779. The lowest BCUT2D eigenvalue weighted by Gasteiger charge is -2.62. The molecule has 6 aliphatic rings. The molecule has 12 nitrogen and oxygen atoms in total. The number of carbonyl (C=O) groups excluding carboxylic acids is 2. The number of rotatable bonds is 15. The Morgan fingerprint density at radius 2 is 1.82 bits per heavy atom. The van der Waals surface area contributed by atoms with Gasteiger partial charge in [-0.1, -0.05) is 48.0 Å². The first kappa shape index (κ1) is 46.3. The summed E-state index contributed by atoms with van der Waals surface area (Å²) in [5.41, 5.74) is 0.308. The number of hydrogen-bond acceptors (Lipinski definition) is 9. The van der Waals surface area contributed by atoms with E-state index in [1.54, 1.807) is 26.5 Å². The van der Waals surface area contributed by atoms with Gasteiger partial charge in [0.1, 0.15) is 19.6 Å². The van der Waals surface area contributed by atoms with E-state index >= 15 is 0 Å². The van der Waals surface area contributed by atoms with Crippen LogP contribution in [-0.4, -0.2) is 141 Å². The van der Waals surface area contributed by atoms with E-state index in [2.05, 4.69) is 77.1 Å². The summed E-state index contributed by atoms with van der Waals surface area (Å²) in [6.45, 7) is 16.1. The van der Waals surface area contributed by atoms with Crippen LogP contribution in [0.25, 0.3) is 0 Å². The number of fused-ring (bicyclic) bond motifs is 2. The highest BCUT2D eigenvalue weighted by Gasteiger charge is 2.58. The predicted molar refractivity (Wildman–Crippen MR) is 223 cm³/mol. The van der Waals surface area contributed by atoms with Gasteiger partial charge in [0.25, 0.3) is 0 Å². The summed E-state index contributed by atoms with van der Waals surface area (Å²) >= 11 is 0. The first-order chi connectivity index (χ1) is 26.6. The van der Waals surface area contributed by atoms with Crippen molar-refractivity contribution in [2.24, 2.45) is 58.2 Å². The van der Waals surface area contributed by atoms with Crippen LogP contribution in [0.3, 0.4) is 0 Å². The zero-order valence-electron chi connectivity index (χ0n) is 37.5. The molecule has 13 heteroatoms. The fraction of sp³-hybridized carbons (Fsp3) is 0.932. The van der Waals surface area contributed by atoms with Gasteiger partial charge < -0.3 is 34.9 Å². The van der Waals surface area contributed by atoms with Crippen molar-refractivity contribution in [2.45, 2.75) is 149 Å². The maximum absolute atomic E-state index is 14.4. The topological polar surface area (TPSA) is 147 Å². The monoisotopic (exact) mass is 799 g/mol. The van der Waals surface area contributed by atoms with E-state index in [-0.39, 0.29) is 71.7 Å². The van der Waals surface area contributed by atoms with E-state index in [4.69, 9.17) is 9.57 Å². The summed E-state index contributed by atoms with van der Waals surface area (Å²) in [4.78, 5) is 37.4. The normalized spacial score (nSPS) is 38.2. The lowest BCUT2D eigenvalue weighted by atomic mass is 9.45. The highest BCUT2D eigenvalue weighted by atomic mass is 16.7. The van der Waals surface area contributed by atoms with Crippen molar-refractivity contribution in [2.75, 3.05) is 55.0 Å². The summed E-state index contributed by atoms with van der Waals surface area (Å²) in [5, 5.41) is 39.6. The Balaban J connectivity index is 1.32. The molecule has 1 saturated heterocycles. The Hall–Kier alpha value is -1.79. The van der Waals surface area contributed by atoms with Gasteiger partial charge in [0.05, 0.1) is 31.4 Å². The Morgan fingerprint density at radius 3 is 2.39 bits per heavy atom. The zero-order valence-corrected chi connectivity index (χ0v) is 37.5. The third kappa shape index (κ3) is 10.6. The van der Waals surface area contributed by atoms with E-state index in [1.807, 2.05) is 14.1 Å². The minimum atomic E-state index is -0.845. The van der Waals surface area contributed by atoms with Crippen LogP contribution in [0.2, 0.25) is 0 Å².